The third-order valence-electron chi connectivity index (χ3n) is 4.86. The summed E-state index contributed by atoms with van der Waals surface area (Å²) in [5.74, 6) is 0.298. The Bertz CT molecular complexity index is 1050. The summed E-state index contributed by atoms with van der Waals surface area (Å²) in [5, 5.41) is 17.5. The first kappa shape index (κ1) is 20.5. The van der Waals surface area contributed by atoms with E-state index in [-0.39, 0.29) is 11.5 Å². The van der Waals surface area contributed by atoms with Crippen molar-refractivity contribution in [3.8, 4) is 0 Å². The number of carbonyl (C=O) groups is 1. The summed E-state index contributed by atoms with van der Waals surface area (Å²) in [6.45, 7) is 4.01. The minimum atomic E-state index is -0.706. The summed E-state index contributed by atoms with van der Waals surface area (Å²) in [4.78, 5) is 18.5. The lowest BCUT2D eigenvalue weighted by Crippen LogP contribution is -2.43. The third kappa shape index (κ3) is 5.23. The Labute approximate surface area is 178 Å². The van der Waals surface area contributed by atoms with Gasteiger partial charge in [0.1, 0.15) is 11.6 Å². The number of nitrogens with two attached hydrogens (primary N) is 1. The number of halogens is 1. The number of nitrogens with one attached hydrogen (secondary N) is 3. The normalized spacial score (nSPS) is 13.6. The van der Waals surface area contributed by atoms with Gasteiger partial charge in [-0.25, -0.2) is 9.37 Å². The van der Waals surface area contributed by atoms with Crippen molar-refractivity contribution in [3.63, 3.8) is 0 Å². The molecule has 4 rings (SSSR count). The van der Waals surface area contributed by atoms with Crippen LogP contribution in [0.2, 0.25) is 0 Å². The number of hydrogen-bond donors (Lipinski definition) is 4. The first-order chi connectivity index (χ1) is 15.1. The lowest BCUT2D eigenvalue weighted by molar-refractivity contribution is 0.0995. The number of carbonyl (C=O) groups excluding carboxylic acids is 1. The van der Waals surface area contributed by atoms with Gasteiger partial charge in [0.05, 0.1) is 17.6 Å². The van der Waals surface area contributed by atoms with Crippen molar-refractivity contribution >= 4 is 28.9 Å². The van der Waals surface area contributed by atoms with Crippen molar-refractivity contribution in [3.05, 3.63) is 65.7 Å². The Balaban J connectivity index is 1.48. The zero-order valence-corrected chi connectivity index (χ0v) is 16.8. The molecule has 1 aromatic carbocycles. The first-order valence-corrected chi connectivity index (χ1v) is 9.93. The minimum absolute atomic E-state index is 0.00846. The molecule has 5 N–H and O–H groups in total. The molecule has 1 aliphatic heterocycles. The smallest absolute Gasteiger partial charge is 0.271 e. The van der Waals surface area contributed by atoms with Gasteiger partial charge in [-0.05, 0) is 29.8 Å². The Hall–Kier alpha value is -3.79. The number of piperazine rings is 1. The van der Waals surface area contributed by atoms with Gasteiger partial charge < -0.3 is 26.6 Å². The van der Waals surface area contributed by atoms with Crippen LogP contribution in [0.5, 0.6) is 0 Å². The van der Waals surface area contributed by atoms with Gasteiger partial charge in [0.2, 0.25) is 0 Å². The zero-order valence-electron chi connectivity index (χ0n) is 16.8. The second-order valence-corrected chi connectivity index (χ2v) is 7.11. The molecule has 3 heterocycles. The summed E-state index contributed by atoms with van der Waals surface area (Å²) in [6.07, 6.45) is 1.72. The van der Waals surface area contributed by atoms with Crippen LogP contribution in [0.25, 0.3) is 0 Å². The Morgan fingerprint density at radius 1 is 1.16 bits per heavy atom. The number of pyridine rings is 1. The molecule has 0 atom stereocenters. The molecule has 1 fully saturated rings. The lowest BCUT2D eigenvalue weighted by Gasteiger charge is -2.28. The van der Waals surface area contributed by atoms with Crippen LogP contribution in [0.1, 0.15) is 16.1 Å². The number of amides is 1. The Morgan fingerprint density at radius 2 is 2.00 bits per heavy atom. The number of hydrogen-bond acceptors (Lipinski definition) is 8. The molecule has 0 unspecified atom stereocenters. The SMILES string of the molecule is NC(=O)c1nnc(Nc2ccc(N3CCNCC3)nc2)cc1NCc1cccc(F)c1. The number of rotatable bonds is 7. The van der Waals surface area contributed by atoms with Crippen molar-refractivity contribution in [2.45, 2.75) is 6.54 Å². The van der Waals surface area contributed by atoms with Crippen molar-refractivity contribution < 1.29 is 9.18 Å². The van der Waals surface area contributed by atoms with Crippen molar-refractivity contribution in [2.24, 2.45) is 5.73 Å². The summed E-state index contributed by atoms with van der Waals surface area (Å²) in [7, 11) is 0. The van der Waals surface area contributed by atoms with E-state index in [0.29, 0.717) is 18.1 Å². The number of aromatic nitrogens is 3. The molecule has 160 valence electrons. The molecule has 0 radical (unpaired) electrons. The van der Waals surface area contributed by atoms with E-state index in [0.717, 1.165) is 43.2 Å². The molecule has 0 bridgehead atoms. The number of benzene rings is 1. The molecular formula is C21H23FN8O. The van der Waals surface area contributed by atoms with Crippen LogP contribution in [0.15, 0.2) is 48.7 Å². The van der Waals surface area contributed by atoms with Gasteiger partial charge in [-0.3, -0.25) is 4.79 Å². The van der Waals surface area contributed by atoms with Crippen LogP contribution in [0.3, 0.4) is 0 Å². The largest absolute Gasteiger partial charge is 0.379 e. The molecule has 0 saturated carbocycles. The predicted octanol–water partition coefficient (Wildman–Crippen LogP) is 1.87. The first-order valence-electron chi connectivity index (χ1n) is 9.93. The standard InChI is InChI=1S/C21H23FN8O/c22-15-3-1-2-14(10-15)12-25-17-11-18(28-29-20(17)21(23)31)27-16-4-5-19(26-13-16)30-8-6-24-7-9-30/h1-5,10-11,13,24H,6-9,12H2,(H2,23,31)(H2,25,27,28). The quantitative estimate of drug-likeness (QED) is 0.455. The van der Waals surface area contributed by atoms with Crippen molar-refractivity contribution in [1.29, 1.82) is 0 Å². The Kier molecular flexibility index (Phi) is 6.18. The van der Waals surface area contributed by atoms with Crippen LogP contribution in [0, 0.1) is 5.82 Å². The summed E-state index contributed by atoms with van der Waals surface area (Å²) in [5.41, 5.74) is 7.28. The summed E-state index contributed by atoms with van der Waals surface area (Å²) >= 11 is 0. The molecule has 31 heavy (non-hydrogen) atoms. The van der Waals surface area contributed by atoms with Gasteiger partial charge in [0.25, 0.3) is 5.91 Å². The van der Waals surface area contributed by atoms with Gasteiger partial charge >= 0.3 is 0 Å². The Morgan fingerprint density at radius 3 is 2.71 bits per heavy atom. The van der Waals surface area contributed by atoms with Gasteiger partial charge in [0, 0.05) is 38.8 Å². The van der Waals surface area contributed by atoms with Gasteiger partial charge in [-0.2, -0.15) is 0 Å². The molecule has 1 saturated heterocycles. The highest BCUT2D eigenvalue weighted by Gasteiger charge is 2.14. The minimum Gasteiger partial charge on any atom is -0.379 e. The summed E-state index contributed by atoms with van der Waals surface area (Å²) < 4.78 is 13.4. The summed E-state index contributed by atoms with van der Waals surface area (Å²) in [6, 6.07) is 11.7. The molecule has 1 aliphatic rings. The molecule has 9 nitrogen and oxygen atoms in total. The van der Waals surface area contributed by atoms with Crippen LogP contribution in [-0.4, -0.2) is 47.3 Å². The highest BCUT2D eigenvalue weighted by molar-refractivity contribution is 5.96. The van der Waals surface area contributed by atoms with E-state index in [9.17, 15) is 9.18 Å². The maximum atomic E-state index is 13.4. The van der Waals surface area contributed by atoms with Gasteiger partial charge in [-0.15, -0.1) is 10.2 Å². The fourth-order valence-corrected chi connectivity index (χ4v) is 3.30. The molecule has 3 aromatic rings. The molecule has 1 amide bonds. The van der Waals surface area contributed by atoms with E-state index in [4.69, 9.17) is 5.73 Å². The second kappa shape index (κ2) is 9.35. The van der Waals surface area contributed by atoms with Gasteiger partial charge in [0.15, 0.2) is 11.5 Å². The van der Waals surface area contributed by atoms with Gasteiger partial charge in [-0.1, -0.05) is 12.1 Å². The highest BCUT2D eigenvalue weighted by Crippen LogP contribution is 2.22. The predicted molar refractivity (Wildman–Crippen MR) is 117 cm³/mol. The third-order valence-corrected chi connectivity index (χ3v) is 4.86. The van der Waals surface area contributed by atoms with E-state index < -0.39 is 5.91 Å². The average Bonchev–Trinajstić information content (AvgIpc) is 2.79. The van der Waals surface area contributed by atoms with Crippen molar-refractivity contribution in [2.75, 3.05) is 41.7 Å². The maximum absolute atomic E-state index is 13.4. The second-order valence-electron chi connectivity index (χ2n) is 7.11. The highest BCUT2D eigenvalue weighted by atomic mass is 19.1. The number of anilines is 4. The number of primary amides is 1. The van der Waals surface area contributed by atoms with E-state index in [1.807, 2.05) is 12.1 Å². The average molecular weight is 422 g/mol. The van der Waals surface area contributed by atoms with Crippen LogP contribution in [0.4, 0.5) is 27.4 Å². The van der Waals surface area contributed by atoms with E-state index >= 15 is 0 Å². The van der Waals surface area contributed by atoms with Crippen molar-refractivity contribution in [1.82, 2.24) is 20.5 Å². The lowest BCUT2D eigenvalue weighted by atomic mass is 10.2. The molecule has 0 aliphatic carbocycles. The van der Waals surface area contributed by atoms with E-state index in [1.54, 1.807) is 24.4 Å². The monoisotopic (exact) mass is 422 g/mol. The van der Waals surface area contributed by atoms with Crippen LogP contribution in [-0.2, 0) is 6.54 Å². The van der Waals surface area contributed by atoms with Crippen LogP contribution < -0.4 is 26.6 Å². The molecule has 0 spiro atoms. The van der Waals surface area contributed by atoms with E-state index in [1.165, 1.54) is 12.1 Å². The molecule has 10 heteroatoms. The maximum Gasteiger partial charge on any atom is 0.271 e. The fourth-order valence-electron chi connectivity index (χ4n) is 3.30. The zero-order chi connectivity index (χ0) is 21.6. The van der Waals surface area contributed by atoms with Crippen LogP contribution >= 0.6 is 0 Å². The topological polar surface area (TPSA) is 121 Å². The fraction of sp³-hybridized carbons (Fsp3) is 0.238. The molecular weight excluding hydrogens is 399 g/mol. The number of nitrogens with zero attached hydrogens (tertiary/aromatic N) is 4. The van der Waals surface area contributed by atoms with E-state index in [2.05, 4.69) is 36.0 Å². The molecule has 2 aromatic heterocycles.